The van der Waals surface area contributed by atoms with Crippen LogP contribution in [-0.4, -0.2) is 22.0 Å². The molecule has 20 heavy (non-hydrogen) atoms. The number of aromatic carboxylic acids is 1. The molecule has 106 valence electrons. The zero-order valence-electron chi connectivity index (χ0n) is 11.0. The summed E-state index contributed by atoms with van der Waals surface area (Å²) in [4.78, 5) is 28.3. The Labute approximate surface area is 124 Å². The summed E-state index contributed by atoms with van der Waals surface area (Å²) in [6.07, 6.45) is 0.331. The topological polar surface area (TPSA) is 79.3 Å². The van der Waals surface area contributed by atoms with E-state index in [1.54, 1.807) is 13.8 Å². The van der Waals surface area contributed by atoms with Gasteiger partial charge in [-0.25, -0.2) is 9.78 Å². The second kappa shape index (κ2) is 6.15. The normalized spacial score (nSPS) is 12.1. The van der Waals surface area contributed by atoms with E-state index in [1.165, 1.54) is 11.3 Å². The van der Waals surface area contributed by atoms with Crippen LogP contribution in [0.15, 0.2) is 17.5 Å². The highest BCUT2D eigenvalue weighted by atomic mass is 32.1. The first-order valence-corrected chi connectivity index (χ1v) is 7.69. The monoisotopic (exact) mass is 310 g/mol. The molecule has 2 heterocycles. The second-order valence-corrected chi connectivity index (χ2v) is 6.38. The Morgan fingerprint density at radius 3 is 2.80 bits per heavy atom. The Kier molecular flexibility index (Phi) is 4.51. The van der Waals surface area contributed by atoms with E-state index in [4.69, 9.17) is 5.11 Å². The molecule has 5 nitrogen and oxygen atoms in total. The number of carboxylic acids is 1. The number of carbonyl (C=O) groups is 2. The van der Waals surface area contributed by atoms with Crippen molar-refractivity contribution in [2.24, 2.45) is 0 Å². The maximum atomic E-state index is 11.9. The molecule has 0 saturated heterocycles. The number of rotatable bonds is 5. The Bertz CT molecular complexity index is 620. The molecular formula is C13H14N2O3S2. The van der Waals surface area contributed by atoms with Crippen molar-refractivity contribution >= 4 is 34.6 Å². The number of thiazole rings is 1. The van der Waals surface area contributed by atoms with Gasteiger partial charge >= 0.3 is 5.97 Å². The molecule has 1 unspecified atom stereocenters. The van der Waals surface area contributed by atoms with E-state index in [-0.39, 0.29) is 16.8 Å². The number of aryl methyl sites for hydroxylation is 1. The molecule has 2 aromatic heterocycles. The van der Waals surface area contributed by atoms with Gasteiger partial charge in [0.15, 0.2) is 0 Å². The van der Waals surface area contributed by atoms with Gasteiger partial charge < -0.3 is 10.4 Å². The van der Waals surface area contributed by atoms with Gasteiger partial charge in [0.05, 0.1) is 18.2 Å². The van der Waals surface area contributed by atoms with Crippen molar-refractivity contribution in [3.05, 3.63) is 38.0 Å². The first-order chi connectivity index (χ1) is 9.47. The molecule has 0 aliphatic heterocycles. The average Bonchev–Trinajstić information content (AvgIpc) is 2.98. The average molecular weight is 310 g/mol. The lowest BCUT2D eigenvalue weighted by molar-refractivity contribution is -0.121. The number of thiophene rings is 1. The minimum absolute atomic E-state index is 0.0929. The summed E-state index contributed by atoms with van der Waals surface area (Å²) in [5.41, 5.74) is 0.483. The first-order valence-electron chi connectivity index (χ1n) is 5.99. The lowest BCUT2D eigenvalue weighted by Crippen LogP contribution is -2.27. The second-order valence-electron chi connectivity index (χ2n) is 4.32. The summed E-state index contributed by atoms with van der Waals surface area (Å²) in [5.74, 6) is -1.08. The largest absolute Gasteiger partial charge is 0.477 e. The molecule has 2 N–H and O–H groups in total. The standard InChI is InChI=1S/C13H14N2O3S2/c1-7-11(13(17)18)20-12(15-7)8(2)14-10(16)6-9-4-3-5-19-9/h3-5,8H,6H2,1-2H3,(H,14,16)(H,17,18). The van der Waals surface area contributed by atoms with Crippen molar-refractivity contribution < 1.29 is 14.7 Å². The van der Waals surface area contributed by atoms with Gasteiger partial charge in [0.2, 0.25) is 5.91 Å². The van der Waals surface area contributed by atoms with E-state index in [0.717, 1.165) is 16.2 Å². The van der Waals surface area contributed by atoms with Crippen molar-refractivity contribution in [2.45, 2.75) is 26.3 Å². The van der Waals surface area contributed by atoms with Crippen LogP contribution in [0.3, 0.4) is 0 Å². The lowest BCUT2D eigenvalue weighted by Gasteiger charge is -2.10. The van der Waals surface area contributed by atoms with Gasteiger partial charge in [0.25, 0.3) is 0 Å². The number of nitrogens with one attached hydrogen (secondary N) is 1. The molecule has 2 aromatic rings. The van der Waals surface area contributed by atoms with E-state index in [9.17, 15) is 9.59 Å². The Balaban J connectivity index is 2.01. The molecule has 1 amide bonds. The van der Waals surface area contributed by atoms with Crippen molar-refractivity contribution in [3.63, 3.8) is 0 Å². The SMILES string of the molecule is Cc1nc(C(C)NC(=O)Cc2cccs2)sc1C(=O)O. The molecule has 0 radical (unpaired) electrons. The molecule has 0 spiro atoms. The third-order valence-corrected chi connectivity index (χ3v) is 4.87. The van der Waals surface area contributed by atoms with Gasteiger partial charge in [0, 0.05) is 4.88 Å². The number of hydrogen-bond donors (Lipinski definition) is 2. The van der Waals surface area contributed by atoms with Crippen LogP contribution in [0, 0.1) is 6.92 Å². The van der Waals surface area contributed by atoms with E-state index in [2.05, 4.69) is 10.3 Å². The summed E-state index contributed by atoms with van der Waals surface area (Å²) in [7, 11) is 0. The molecule has 0 aliphatic carbocycles. The van der Waals surface area contributed by atoms with E-state index in [0.29, 0.717) is 17.1 Å². The number of nitrogens with zero attached hydrogens (tertiary/aromatic N) is 1. The Morgan fingerprint density at radius 2 is 2.25 bits per heavy atom. The van der Waals surface area contributed by atoms with Crippen molar-refractivity contribution in [1.82, 2.24) is 10.3 Å². The summed E-state index contributed by atoms with van der Waals surface area (Å²) in [6, 6.07) is 3.52. The highest BCUT2D eigenvalue weighted by Gasteiger charge is 2.19. The molecule has 0 saturated carbocycles. The van der Waals surface area contributed by atoms with E-state index in [1.807, 2.05) is 17.5 Å². The third-order valence-electron chi connectivity index (χ3n) is 2.67. The van der Waals surface area contributed by atoms with Gasteiger partial charge in [-0.3, -0.25) is 4.79 Å². The molecular weight excluding hydrogens is 296 g/mol. The van der Waals surface area contributed by atoms with Gasteiger partial charge in [-0.05, 0) is 25.3 Å². The molecule has 7 heteroatoms. The molecule has 0 aliphatic rings. The highest BCUT2D eigenvalue weighted by molar-refractivity contribution is 7.13. The fraction of sp³-hybridized carbons (Fsp3) is 0.308. The lowest BCUT2D eigenvalue weighted by atomic mass is 10.3. The van der Waals surface area contributed by atoms with Crippen LogP contribution in [0.5, 0.6) is 0 Å². The minimum atomic E-state index is -0.983. The maximum absolute atomic E-state index is 11.9. The maximum Gasteiger partial charge on any atom is 0.347 e. The molecule has 0 fully saturated rings. The molecule has 1 atom stereocenters. The summed E-state index contributed by atoms with van der Waals surface area (Å²) < 4.78 is 0. The van der Waals surface area contributed by atoms with Crippen molar-refractivity contribution in [3.8, 4) is 0 Å². The van der Waals surface area contributed by atoms with Crippen LogP contribution in [0.2, 0.25) is 0 Å². The van der Waals surface area contributed by atoms with Gasteiger partial charge in [-0.2, -0.15) is 0 Å². The number of carboxylic acid groups (broad SMARTS) is 1. The smallest absolute Gasteiger partial charge is 0.347 e. The van der Waals surface area contributed by atoms with Gasteiger partial charge in [-0.1, -0.05) is 6.07 Å². The van der Waals surface area contributed by atoms with Crippen LogP contribution >= 0.6 is 22.7 Å². The van der Waals surface area contributed by atoms with Crippen LogP contribution in [0.25, 0.3) is 0 Å². The van der Waals surface area contributed by atoms with E-state index >= 15 is 0 Å². The quantitative estimate of drug-likeness (QED) is 0.889. The van der Waals surface area contributed by atoms with Gasteiger partial charge in [0.1, 0.15) is 9.88 Å². The van der Waals surface area contributed by atoms with Crippen LogP contribution < -0.4 is 5.32 Å². The number of carbonyl (C=O) groups excluding carboxylic acids is 1. The molecule has 0 aromatic carbocycles. The fourth-order valence-electron chi connectivity index (χ4n) is 1.73. The summed E-state index contributed by atoms with van der Waals surface area (Å²) >= 11 is 2.64. The third kappa shape index (κ3) is 3.43. The van der Waals surface area contributed by atoms with Crippen molar-refractivity contribution in [1.29, 1.82) is 0 Å². The first kappa shape index (κ1) is 14.7. The number of hydrogen-bond acceptors (Lipinski definition) is 5. The predicted octanol–water partition coefficient (Wildman–Crippen LogP) is 2.63. The number of amides is 1. The highest BCUT2D eigenvalue weighted by Crippen LogP contribution is 2.23. The minimum Gasteiger partial charge on any atom is -0.477 e. The van der Waals surface area contributed by atoms with Gasteiger partial charge in [-0.15, -0.1) is 22.7 Å². The van der Waals surface area contributed by atoms with Crippen LogP contribution in [-0.2, 0) is 11.2 Å². The fourth-order valence-corrected chi connectivity index (χ4v) is 3.34. The Morgan fingerprint density at radius 1 is 1.50 bits per heavy atom. The predicted molar refractivity (Wildman–Crippen MR) is 78.4 cm³/mol. The van der Waals surface area contributed by atoms with Crippen molar-refractivity contribution in [2.75, 3.05) is 0 Å². The zero-order valence-corrected chi connectivity index (χ0v) is 12.7. The molecule has 2 rings (SSSR count). The summed E-state index contributed by atoms with van der Waals surface area (Å²) in [5, 5.41) is 14.4. The zero-order chi connectivity index (χ0) is 14.7. The van der Waals surface area contributed by atoms with Crippen LogP contribution in [0.4, 0.5) is 0 Å². The van der Waals surface area contributed by atoms with E-state index < -0.39 is 5.97 Å². The summed E-state index contributed by atoms with van der Waals surface area (Å²) in [6.45, 7) is 3.46. The Hall–Kier alpha value is -1.73. The molecule has 0 bridgehead atoms. The van der Waals surface area contributed by atoms with Crippen LogP contribution in [0.1, 0.15) is 38.2 Å². The number of aromatic nitrogens is 1.